The van der Waals surface area contributed by atoms with E-state index in [-0.39, 0.29) is 0 Å². The SMILES string of the molecule is S=c1[nH]nc(-c2cccnc2)n1-c1c(Cl)cccc1Cl. The molecule has 0 unspecified atom stereocenters. The number of hydrogen-bond acceptors (Lipinski definition) is 3. The molecular weight excluding hydrogens is 315 g/mol. The first-order valence-electron chi connectivity index (χ1n) is 5.70. The summed E-state index contributed by atoms with van der Waals surface area (Å²) in [6, 6.07) is 9.00. The highest BCUT2D eigenvalue weighted by molar-refractivity contribution is 7.71. The molecule has 0 aliphatic heterocycles. The highest BCUT2D eigenvalue weighted by Gasteiger charge is 2.15. The van der Waals surface area contributed by atoms with Gasteiger partial charge in [-0.05, 0) is 36.5 Å². The molecule has 3 aromatic rings. The molecule has 0 spiro atoms. The Labute approximate surface area is 130 Å². The van der Waals surface area contributed by atoms with Crippen LogP contribution in [0.1, 0.15) is 0 Å². The van der Waals surface area contributed by atoms with E-state index in [0.717, 1.165) is 5.56 Å². The highest BCUT2D eigenvalue weighted by Crippen LogP contribution is 2.31. The van der Waals surface area contributed by atoms with E-state index >= 15 is 0 Å². The molecule has 1 N–H and O–H groups in total. The van der Waals surface area contributed by atoms with Gasteiger partial charge in [-0.3, -0.25) is 14.6 Å². The van der Waals surface area contributed by atoms with Crippen LogP contribution in [0.15, 0.2) is 42.7 Å². The van der Waals surface area contributed by atoms with Crippen molar-refractivity contribution < 1.29 is 0 Å². The van der Waals surface area contributed by atoms with Crippen LogP contribution in [-0.4, -0.2) is 19.7 Å². The number of H-pyrrole nitrogens is 1. The number of aromatic amines is 1. The van der Waals surface area contributed by atoms with Gasteiger partial charge in [-0.15, -0.1) is 0 Å². The van der Waals surface area contributed by atoms with Gasteiger partial charge in [-0.2, -0.15) is 5.10 Å². The summed E-state index contributed by atoms with van der Waals surface area (Å²) in [6.07, 6.45) is 3.39. The molecule has 7 heteroatoms. The van der Waals surface area contributed by atoms with E-state index in [0.29, 0.717) is 26.3 Å². The van der Waals surface area contributed by atoms with Crippen molar-refractivity contribution in [1.29, 1.82) is 0 Å². The van der Waals surface area contributed by atoms with E-state index in [2.05, 4.69) is 15.2 Å². The van der Waals surface area contributed by atoms with Gasteiger partial charge in [0.15, 0.2) is 10.6 Å². The normalized spacial score (nSPS) is 10.7. The third kappa shape index (κ3) is 2.24. The molecule has 0 saturated carbocycles. The lowest BCUT2D eigenvalue weighted by atomic mass is 10.2. The fraction of sp³-hybridized carbons (Fsp3) is 0. The number of pyridine rings is 1. The molecule has 0 bridgehead atoms. The predicted octanol–water partition coefficient (Wildman–Crippen LogP) is 4.30. The molecule has 20 heavy (non-hydrogen) atoms. The van der Waals surface area contributed by atoms with E-state index in [1.54, 1.807) is 35.2 Å². The van der Waals surface area contributed by atoms with Crippen molar-refractivity contribution in [2.75, 3.05) is 0 Å². The molecule has 0 aliphatic rings. The summed E-state index contributed by atoms with van der Waals surface area (Å²) in [4.78, 5) is 4.08. The molecule has 0 saturated heterocycles. The first-order chi connectivity index (χ1) is 9.68. The summed E-state index contributed by atoms with van der Waals surface area (Å²) < 4.78 is 2.12. The number of nitrogens with zero attached hydrogens (tertiary/aromatic N) is 3. The van der Waals surface area contributed by atoms with Gasteiger partial charge in [-0.25, -0.2) is 0 Å². The number of para-hydroxylation sites is 1. The van der Waals surface area contributed by atoms with Crippen LogP contribution in [0.5, 0.6) is 0 Å². The van der Waals surface area contributed by atoms with Crippen LogP contribution in [0.25, 0.3) is 17.1 Å². The fourth-order valence-electron chi connectivity index (χ4n) is 1.90. The number of aromatic nitrogens is 4. The Balaban J connectivity index is 2.31. The lowest BCUT2D eigenvalue weighted by Gasteiger charge is -2.10. The summed E-state index contributed by atoms with van der Waals surface area (Å²) >= 11 is 17.8. The predicted molar refractivity (Wildman–Crippen MR) is 82.0 cm³/mol. The number of hydrogen-bond donors (Lipinski definition) is 1. The van der Waals surface area contributed by atoms with E-state index < -0.39 is 0 Å². The highest BCUT2D eigenvalue weighted by atomic mass is 35.5. The monoisotopic (exact) mass is 322 g/mol. The van der Waals surface area contributed by atoms with Crippen molar-refractivity contribution in [2.24, 2.45) is 0 Å². The summed E-state index contributed by atoms with van der Waals surface area (Å²) in [5.41, 5.74) is 1.42. The Morgan fingerprint density at radius 2 is 1.85 bits per heavy atom. The fourth-order valence-corrected chi connectivity index (χ4v) is 2.69. The summed E-state index contributed by atoms with van der Waals surface area (Å²) in [6.45, 7) is 0. The van der Waals surface area contributed by atoms with Crippen molar-refractivity contribution in [2.45, 2.75) is 0 Å². The van der Waals surface area contributed by atoms with Crippen molar-refractivity contribution in [3.63, 3.8) is 0 Å². The van der Waals surface area contributed by atoms with E-state index in [9.17, 15) is 0 Å². The number of nitrogens with one attached hydrogen (secondary N) is 1. The average molecular weight is 323 g/mol. The zero-order valence-electron chi connectivity index (χ0n) is 10.0. The van der Waals surface area contributed by atoms with Gasteiger partial charge in [0.1, 0.15) is 0 Å². The van der Waals surface area contributed by atoms with Crippen LogP contribution in [0.2, 0.25) is 10.0 Å². The molecule has 3 rings (SSSR count). The lowest BCUT2D eigenvalue weighted by Crippen LogP contribution is -2.00. The molecule has 0 atom stereocenters. The molecule has 100 valence electrons. The number of benzene rings is 1. The van der Waals surface area contributed by atoms with Crippen LogP contribution in [0.3, 0.4) is 0 Å². The van der Waals surface area contributed by atoms with Crippen LogP contribution < -0.4 is 0 Å². The van der Waals surface area contributed by atoms with Gasteiger partial charge in [0.2, 0.25) is 0 Å². The molecule has 0 radical (unpaired) electrons. The largest absolute Gasteiger partial charge is 0.265 e. The second-order valence-electron chi connectivity index (χ2n) is 4.00. The molecule has 4 nitrogen and oxygen atoms in total. The molecule has 2 aromatic heterocycles. The van der Waals surface area contributed by atoms with Gasteiger partial charge in [0.25, 0.3) is 0 Å². The van der Waals surface area contributed by atoms with Gasteiger partial charge in [0, 0.05) is 18.0 Å². The minimum absolute atomic E-state index is 0.416. The van der Waals surface area contributed by atoms with Gasteiger partial charge in [-0.1, -0.05) is 29.3 Å². The average Bonchev–Trinajstić information content (AvgIpc) is 2.82. The Kier molecular flexibility index (Phi) is 3.56. The third-order valence-electron chi connectivity index (χ3n) is 2.75. The van der Waals surface area contributed by atoms with Crippen molar-refractivity contribution >= 4 is 35.4 Å². The first kappa shape index (κ1) is 13.3. The molecule has 0 fully saturated rings. The maximum Gasteiger partial charge on any atom is 0.200 e. The minimum atomic E-state index is 0.416. The van der Waals surface area contributed by atoms with Crippen LogP contribution in [-0.2, 0) is 0 Å². The van der Waals surface area contributed by atoms with E-state index in [4.69, 9.17) is 35.4 Å². The van der Waals surface area contributed by atoms with Crippen molar-refractivity contribution in [3.05, 3.63) is 57.5 Å². The first-order valence-corrected chi connectivity index (χ1v) is 6.87. The Hall–Kier alpha value is -1.69. The van der Waals surface area contributed by atoms with Gasteiger partial charge < -0.3 is 0 Å². The maximum absolute atomic E-state index is 6.24. The molecule has 0 amide bonds. The third-order valence-corrected chi connectivity index (χ3v) is 3.64. The Morgan fingerprint density at radius 3 is 2.50 bits per heavy atom. The van der Waals surface area contributed by atoms with Crippen LogP contribution in [0.4, 0.5) is 0 Å². The lowest BCUT2D eigenvalue weighted by molar-refractivity contribution is 1.03. The molecule has 1 aromatic carbocycles. The summed E-state index contributed by atoms with van der Waals surface area (Å²) in [5, 5.41) is 7.99. The van der Waals surface area contributed by atoms with Crippen molar-refractivity contribution in [1.82, 2.24) is 19.7 Å². The molecule has 2 heterocycles. The molecule has 0 aliphatic carbocycles. The molecular formula is C13H8Cl2N4S. The standard InChI is InChI=1S/C13H8Cl2N4S/c14-9-4-1-5-10(15)11(9)19-12(17-18-13(19)20)8-3-2-6-16-7-8/h1-7H,(H,18,20). The Bertz CT molecular complexity index is 790. The van der Waals surface area contributed by atoms with Crippen molar-refractivity contribution in [3.8, 4) is 17.1 Å². The van der Waals surface area contributed by atoms with E-state index in [1.165, 1.54) is 0 Å². The van der Waals surface area contributed by atoms with Crippen LogP contribution >= 0.6 is 35.4 Å². The topological polar surface area (TPSA) is 46.5 Å². The zero-order chi connectivity index (χ0) is 14.1. The van der Waals surface area contributed by atoms with Gasteiger partial charge >= 0.3 is 0 Å². The summed E-state index contributed by atoms with van der Waals surface area (Å²) in [7, 11) is 0. The number of halogens is 2. The minimum Gasteiger partial charge on any atom is -0.265 e. The summed E-state index contributed by atoms with van der Waals surface area (Å²) in [5.74, 6) is 0.609. The second-order valence-corrected chi connectivity index (χ2v) is 5.20. The number of rotatable bonds is 2. The quantitative estimate of drug-likeness (QED) is 0.715. The van der Waals surface area contributed by atoms with Crippen LogP contribution in [0, 0.1) is 4.77 Å². The maximum atomic E-state index is 6.24. The zero-order valence-corrected chi connectivity index (χ0v) is 12.4. The van der Waals surface area contributed by atoms with E-state index in [1.807, 2.05) is 12.1 Å². The van der Waals surface area contributed by atoms with Gasteiger partial charge in [0.05, 0.1) is 15.7 Å². The second kappa shape index (κ2) is 5.36. The smallest absolute Gasteiger partial charge is 0.200 e. The Morgan fingerprint density at radius 1 is 1.10 bits per heavy atom.